The van der Waals surface area contributed by atoms with Crippen LogP contribution in [-0.4, -0.2) is 33.7 Å². The Bertz CT molecular complexity index is 1350. The maximum Gasteiger partial charge on any atom is 0.573 e. The van der Waals surface area contributed by atoms with Crippen LogP contribution in [0.3, 0.4) is 0 Å². The van der Waals surface area contributed by atoms with Gasteiger partial charge in [0.25, 0.3) is 0 Å². The number of nitrogens with one attached hydrogen (secondary N) is 1. The molecule has 4 aromatic rings. The second-order valence-electron chi connectivity index (χ2n) is 7.61. The summed E-state index contributed by atoms with van der Waals surface area (Å²) in [7, 11) is 0. The second-order valence-corrected chi connectivity index (χ2v) is 7.61. The zero-order valence-corrected chi connectivity index (χ0v) is 18.8. The van der Waals surface area contributed by atoms with E-state index in [0.29, 0.717) is 21.5 Å². The van der Waals surface area contributed by atoms with Crippen LogP contribution in [0.2, 0.25) is 0 Å². The number of alkyl halides is 5. The molecular formula is C24H20F5N3O4. The van der Waals surface area contributed by atoms with Crippen LogP contribution in [0.1, 0.15) is 24.7 Å². The Kier molecular flexibility index (Phi) is 7.13. The maximum absolute atomic E-state index is 13.6. The van der Waals surface area contributed by atoms with Gasteiger partial charge in [-0.15, -0.1) is 13.2 Å². The molecule has 12 heteroatoms. The van der Waals surface area contributed by atoms with E-state index in [2.05, 4.69) is 14.8 Å². The predicted molar refractivity (Wildman–Crippen MR) is 119 cm³/mol. The summed E-state index contributed by atoms with van der Waals surface area (Å²) in [6.45, 7) is -1.19. The third-order valence-corrected chi connectivity index (χ3v) is 5.15. The third kappa shape index (κ3) is 5.93. The first-order valence-electron chi connectivity index (χ1n) is 10.7. The Labute approximate surface area is 201 Å². The predicted octanol–water partition coefficient (Wildman–Crippen LogP) is 6.01. The van der Waals surface area contributed by atoms with Crippen molar-refractivity contribution in [2.75, 3.05) is 6.61 Å². The molecule has 190 valence electrons. The Hall–Kier alpha value is -4.09. The molecule has 0 bridgehead atoms. The van der Waals surface area contributed by atoms with Gasteiger partial charge in [0.1, 0.15) is 18.1 Å². The number of carbonyl (C=O) groups is 1. The highest BCUT2D eigenvalue weighted by Gasteiger charge is 2.31. The summed E-state index contributed by atoms with van der Waals surface area (Å²) < 4.78 is 79.1. The number of halogens is 5. The smallest absolute Gasteiger partial charge is 0.487 e. The maximum atomic E-state index is 13.6. The molecule has 0 unspecified atom stereocenters. The molecular weight excluding hydrogens is 489 g/mol. The van der Waals surface area contributed by atoms with E-state index in [-0.39, 0.29) is 37.0 Å². The van der Waals surface area contributed by atoms with E-state index in [4.69, 9.17) is 9.47 Å². The number of benzene rings is 2. The molecule has 0 aliphatic carbocycles. The minimum atomic E-state index is -4.84. The number of aromatic amines is 1. The van der Waals surface area contributed by atoms with Crippen LogP contribution in [0.5, 0.6) is 11.5 Å². The Morgan fingerprint density at radius 2 is 1.81 bits per heavy atom. The fourth-order valence-corrected chi connectivity index (χ4v) is 3.60. The second kappa shape index (κ2) is 10.3. The zero-order chi connectivity index (χ0) is 25.9. The number of ether oxygens (including phenoxy) is 3. The molecule has 0 saturated heterocycles. The number of rotatable bonds is 9. The van der Waals surface area contributed by atoms with Gasteiger partial charge >= 0.3 is 18.9 Å². The molecule has 0 radical (unpaired) electrons. The fourth-order valence-electron chi connectivity index (χ4n) is 3.60. The molecule has 4 rings (SSSR count). The number of nitrogens with zero attached hydrogens (tertiary/aromatic N) is 2. The lowest BCUT2D eigenvalue weighted by atomic mass is 10.1. The molecule has 0 fully saturated rings. The van der Waals surface area contributed by atoms with E-state index >= 15 is 0 Å². The number of hydrogen-bond acceptors (Lipinski definition) is 5. The van der Waals surface area contributed by atoms with Gasteiger partial charge in [0.15, 0.2) is 0 Å². The zero-order valence-electron chi connectivity index (χ0n) is 18.8. The molecule has 0 spiro atoms. The average molecular weight is 509 g/mol. The fraction of sp³-hybridized carbons (Fsp3) is 0.250. The molecule has 2 heterocycles. The topological polar surface area (TPSA) is 78.4 Å². The Morgan fingerprint density at radius 3 is 2.47 bits per heavy atom. The number of H-pyrrole nitrogens is 1. The van der Waals surface area contributed by atoms with Crippen molar-refractivity contribution in [1.82, 2.24) is 14.8 Å². The van der Waals surface area contributed by atoms with Crippen molar-refractivity contribution in [3.8, 4) is 22.8 Å². The first-order valence-corrected chi connectivity index (χ1v) is 10.7. The van der Waals surface area contributed by atoms with Crippen molar-refractivity contribution in [2.24, 2.45) is 0 Å². The third-order valence-electron chi connectivity index (χ3n) is 5.15. The van der Waals surface area contributed by atoms with Crippen LogP contribution in [-0.2, 0) is 22.6 Å². The molecule has 1 N–H and O–H groups in total. The highest BCUT2D eigenvalue weighted by atomic mass is 19.4. The number of esters is 1. The summed E-state index contributed by atoms with van der Waals surface area (Å²) in [5.41, 5.74) is 1.96. The summed E-state index contributed by atoms with van der Waals surface area (Å²) in [6, 6.07) is 11.2. The molecule has 7 nitrogen and oxygen atoms in total. The van der Waals surface area contributed by atoms with Crippen molar-refractivity contribution in [2.45, 2.75) is 32.9 Å². The first-order chi connectivity index (χ1) is 17.1. The van der Waals surface area contributed by atoms with Crippen LogP contribution >= 0.6 is 0 Å². The van der Waals surface area contributed by atoms with Crippen LogP contribution in [0, 0.1) is 0 Å². The lowest BCUT2D eigenvalue weighted by Gasteiger charge is -2.09. The highest BCUT2D eigenvalue weighted by molar-refractivity contribution is 5.88. The summed E-state index contributed by atoms with van der Waals surface area (Å²) in [6.07, 6.45) is -3.04. The first kappa shape index (κ1) is 25.0. The molecule has 0 aliphatic rings. The van der Waals surface area contributed by atoms with Gasteiger partial charge in [-0.1, -0.05) is 0 Å². The molecule has 0 atom stereocenters. The van der Waals surface area contributed by atoms with Gasteiger partial charge in [-0.2, -0.15) is 13.9 Å². The number of hydrogen-bond donors (Lipinski definition) is 1. The van der Waals surface area contributed by atoms with E-state index in [0.717, 1.165) is 23.1 Å². The summed E-state index contributed by atoms with van der Waals surface area (Å²) in [4.78, 5) is 14.8. The van der Waals surface area contributed by atoms with Crippen LogP contribution < -0.4 is 9.47 Å². The lowest BCUT2D eigenvalue weighted by molar-refractivity contribution is -0.274. The minimum Gasteiger partial charge on any atom is -0.487 e. The molecule has 2 aromatic heterocycles. The van der Waals surface area contributed by atoms with Crippen molar-refractivity contribution in [1.29, 1.82) is 0 Å². The van der Waals surface area contributed by atoms with Crippen molar-refractivity contribution in [3.05, 3.63) is 66.0 Å². The number of fused-ring (bicyclic) bond motifs is 1. The largest absolute Gasteiger partial charge is 0.573 e. The van der Waals surface area contributed by atoms with Gasteiger partial charge in [0.2, 0.25) is 0 Å². The quantitative estimate of drug-likeness (QED) is 0.221. The SMILES string of the molecule is CCOC(=O)Cc1c[nH]c2cc(OCc3cc(-c4ccc(OC(F)(F)F)cc4)nn3C(F)F)ccc12. The van der Waals surface area contributed by atoms with Gasteiger partial charge < -0.3 is 19.2 Å². The normalized spacial score (nSPS) is 11.8. The van der Waals surface area contributed by atoms with Crippen molar-refractivity contribution >= 4 is 16.9 Å². The highest BCUT2D eigenvalue weighted by Crippen LogP contribution is 2.29. The van der Waals surface area contributed by atoms with E-state index in [1.165, 1.54) is 18.2 Å². The van der Waals surface area contributed by atoms with Crippen LogP contribution in [0.25, 0.3) is 22.2 Å². The van der Waals surface area contributed by atoms with Crippen LogP contribution in [0.15, 0.2) is 54.7 Å². The van der Waals surface area contributed by atoms with E-state index in [1.54, 1.807) is 31.3 Å². The monoisotopic (exact) mass is 509 g/mol. The lowest BCUT2D eigenvalue weighted by Crippen LogP contribution is -2.16. The minimum absolute atomic E-state index is 0.0604. The van der Waals surface area contributed by atoms with Gasteiger partial charge in [-0.25, -0.2) is 4.68 Å². The number of aromatic nitrogens is 3. The van der Waals surface area contributed by atoms with E-state index < -0.39 is 18.7 Å². The van der Waals surface area contributed by atoms with Gasteiger partial charge in [0, 0.05) is 28.7 Å². The Morgan fingerprint density at radius 1 is 1.08 bits per heavy atom. The van der Waals surface area contributed by atoms with E-state index in [9.17, 15) is 26.7 Å². The van der Waals surface area contributed by atoms with Gasteiger partial charge in [-0.05, 0) is 55.0 Å². The standard InChI is InChI=1S/C24H20F5N3O4/c1-2-34-22(33)9-15-12-30-21-11-18(7-8-19(15)21)35-13-16-10-20(31-32(16)23(25)26)14-3-5-17(6-4-14)36-24(27,28)29/h3-8,10-12,23,30H,2,9,13H2,1H3. The summed E-state index contributed by atoms with van der Waals surface area (Å²) in [5, 5.41) is 4.67. The van der Waals surface area contributed by atoms with Crippen molar-refractivity contribution < 1.29 is 41.0 Å². The summed E-state index contributed by atoms with van der Waals surface area (Å²) in [5.74, 6) is -0.394. The van der Waals surface area contributed by atoms with Crippen LogP contribution in [0.4, 0.5) is 22.0 Å². The van der Waals surface area contributed by atoms with Gasteiger partial charge in [-0.3, -0.25) is 4.79 Å². The molecule has 0 amide bonds. The number of carbonyl (C=O) groups excluding carboxylic acids is 1. The molecule has 2 aromatic carbocycles. The van der Waals surface area contributed by atoms with E-state index in [1.807, 2.05) is 0 Å². The molecule has 0 saturated carbocycles. The summed E-state index contributed by atoms with van der Waals surface area (Å²) >= 11 is 0. The molecule has 36 heavy (non-hydrogen) atoms. The van der Waals surface area contributed by atoms with Gasteiger partial charge in [0.05, 0.1) is 24.4 Å². The average Bonchev–Trinajstić information content (AvgIpc) is 3.42. The Balaban J connectivity index is 1.49. The van der Waals surface area contributed by atoms with Crippen molar-refractivity contribution in [3.63, 3.8) is 0 Å². The molecule has 0 aliphatic heterocycles.